The smallest absolute Gasteiger partial charge is 0.119 e. The third-order valence-electron chi connectivity index (χ3n) is 4.11. The van der Waals surface area contributed by atoms with Gasteiger partial charge in [0, 0.05) is 19.6 Å². The Labute approximate surface area is 127 Å². The standard InChI is InChI=1S/C19H23NO/c1-16-7-9-18(10-8-16)21-19-11-13-20(14-12-19)15-17-5-3-2-4-6-17/h2-10,19H,11-15H2,1H3. The minimum absolute atomic E-state index is 0.361. The summed E-state index contributed by atoms with van der Waals surface area (Å²) >= 11 is 0. The molecule has 1 heterocycles. The Morgan fingerprint density at radius 2 is 1.62 bits per heavy atom. The lowest BCUT2D eigenvalue weighted by molar-refractivity contribution is 0.0968. The van der Waals surface area contributed by atoms with Crippen LogP contribution in [0.3, 0.4) is 0 Å². The molecule has 0 aromatic heterocycles. The van der Waals surface area contributed by atoms with Gasteiger partial charge in [0.15, 0.2) is 0 Å². The lowest BCUT2D eigenvalue weighted by Gasteiger charge is -2.32. The van der Waals surface area contributed by atoms with Crippen molar-refractivity contribution in [1.29, 1.82) is 0 Å². The van der Waals surface area contributed by atoms with Crippen LogP contribution in [0.1, 0.15) is 24.0 Å². The van der Waals surface area contributed by atoms with E-state index in [0.717, 1.165) is 38.2 Å². The van der Waals surface area contributed by atoms with E-state index in [1.165, 1.54) is 11.1 Å². The monoisotopic (exact) mass is 281 g/mol. The van der Waals surface area contributed by atoms with Gasteiger partial charge in [-0.1, -0.05) is 48.0 Å². The third kappa shape index (κ3) is 4.08. The first-order valence-corrected chi connectivity index (χ1v) is 7.79. The van der Waals surface area contributed by atoms with Crippen molar-refractivity contribution in [2.75, 3.05) is 13.1 Å². The van der Waals surface area contributed by atoms with Gasteiger partial charge >= 0.3 is 0 Å². The van der Waals surface area contributed by atoms with E-state index in [0.29, 0.717) is 6.10 Å². The molecule has 2 aromatic rings. The van der Waals surface area contributed by atoms with Crippen molar-refractivity contribution in [1.82, 2.24) is 4.90 Å². The van der Waals surface area contributed by atoms with E-state index in [9.17, 15) is 0 Å². The topological polar surface area (TPSA) is 12.5 Å². The van der Waals surface area contributed by atoms with Crippen LogP contribution in [0, 0.1) is 6.92 Å². The summed E-state index contributed by atoms with van der Waals surface area (Å²) in [7, 11) is 0. The highest BCUT2D eigenvalue weighted by Crippen LogP contribution is 2.20. The quantitative estimate of drug-likeness (QED) is 0.838. The number of nitrogens with zero attached hydrogens (tertiary/aromatic N) is 1. The van der Waals surface area contributed by atoms with Gasteiger partial charge in [-0.05, 0) is 37.5 Å². The summed E-state index contributed by atoms with van der Waals surface area (Å²) in [5, 5.41) is 0. The fourth-order valence-electron chi connectivity index (χ4n) is 2.84. The predicted molar refractivity (Wildman–Crippen MR) is 86.5 cm³/mol. The molecule has 0 spiro atoms. The number of rotatable bonds is 4. The molecule has 0 radical (unpaired) electrons. The van der Waals surface area contributed by atoms with Crippen LogP contribution in [0.2, 0.25) is 0 Å². The number of hydrogen-bond acceptors (Lipinski definition) is 2. The summed E-state index contributed by atoms with van der Waals surface area (Å²) < 4.78 is 6.08. The van der Waals surface area contributed by atoms with Crippen LogP contribution >= 0.6 is 0 Å². The molecule has 1 aliphatic rings. The lowest BCUT2D eigenvalue weighted by Crippen LogP contribution is -2.37. The average molecular weight is 281 g/mol. The summed E-state index contributed by atoms with van der Waals surface area (Å²) in [6.45, 7) is 5.39. The Morgan fingerprint density at radius 1 is 0.952 bits per heavy atom. The van der Waals surface area contributed by atoms with Gasteiger partial charge in [-0.2, -0.15) is 0 Å². The van der Waals surface area contributed by atoms with E-state index >= 15 is 0 Å². The van der Waals surface area contributed by atoms with Crippen molar-refractivity contribution in [3.8, 4) is 5.75 Å². The van der Waals surface area contributed by atoms with Crippen LogP contribution in [-0.4, -0.2) is 24.1 Å². The largest absolute Gasteiger partial charge is 0.490 e. The van der Waals surface area contributed by atoms with E-state index < -0.39 is 0 Å². The molecule has 2 nitrogen and oxygen atoms in total. The van der Waals surface area contributed by atoms with Crippen LogP contribution in [0.5, 0.6) is 5.75 Å². The van der Waals surface area contributed by atoms with E-state index in [1.807, 2.05) is 0 Å². The lowest BCUT2D eigenvalue weighted by atomic mass is 10.1. The third-order valence-corrected chi connectivity index (χ3v) is 4.11. The number of likely N-dealkylation sites (tertiary alicyclic amines) is 1. The number of aryl methyl sites for hydroxylation is 1. The van der Waals surface area contributed by atoms with Crippen LogP contribution in [-0.2, 0) is 6.54 Å². The highest BCUT2D eigenvalue weighted by Gasteiger charge is 2.20. The minimum Gasteiger partial charge on any atom is -0.490 e. The van der Waals surface area contributed by atoms with Crippen molar-refractivity contribution < 1.29 is 4.74 Å². The molecule has 2 aromatic carbocycles. The molecule has 0 amide bonds. The minimum atomic E-state index is 0.361. The number of benzene rings is 2. The molecule has 0 N–H and O–H groups in total. The Kier molecular flexibility index (Phi) is 4.56. The van der Waals surface area contributed by atoms with Crippen molar-refractivity contribution >= 4 is 0 Å². The zero-order chi connectivity index (χ0) is 14.5. The molecule has 1 fully saturated rings. The zero-order valence-corrected chi connectivity index (χ0v) is 12.7. The first-order chi connectivity index (χ1) is 10.3. The zero-order valence-electron chi connectivity index (χ0n) is 12.7. The van der Waals surface area contributed by atoms with Gasteiger partial charge in [0.25, 0.3) is 0 Å². The van der Waals surface area contributed by atoms with Gasteiger partial charge in [0.1, 0.15) is 11.9 Å². The SMILES string of the molecule is Cc1ccc(OC2CCN(Cc3ccccc3)CC2)cc1. The predicted octanol–water partition coefficient (Wildman–Crippen LogP) is 4.04. The fourth-order valence-corrected chi connectivity index (χ4v) is 2.84. The summed E-state index contributed by atoms with van der Waals surface area (Å²) in [5.41, 5.74) is 2.68. The van der Waals surface area contributed by atoms with Gasteiger partial charge in [-0.3, -0.25) is 4.90 Å². The molecule has 0 unspecified atom stereocenters. The summed E-state index contributed by atoms with van der Waals surface area (Å²) in [4.78, 5) is 2.52. The Morgan fingerprint density at radius 3 is 2.29 bits per heavy atom. The van der Waals surface area contributed by atoms with Gasteiger partial charge in [0.2, 0.25) is 0 Å². The molecule has 0 aliphatic carbocycles. The number of hydrogen-bond donors (Lipinski definition) is 0. The molecule has 0 atom stereocenters. The van der Waals surface area contributed by atoms with Crippen molar-refractivity contribution in [2.24, 2.45) is 0 Å². The van der Waals surface area contributed by atoms with Crippen LogP contribution in [0.4, 0.5) is 0 Å². The maximum absolute atomic E-state index is 6.08. The maximum Gasteiger partial charge on any atom is 0.119 e. The van der Waals surface area contributed by atoms with Crippen LogP contribution in [0.15, 0.2) is 54.6 Å². The molecular formula is C19H23NO. The van der Waals surface area contributed by atoms with Gasteiger partial charge in [-0.25, -0.2) is 0 Å². The molecule has 2 heteroatoms. The molecule has 110 valence electrons. The highest BCUT2D eigenvalue weighted by atomic mass is 16.5. The van der Waals surface area contributed by atoms with E-state index in [-0.39, 0.29) is 0 Å². The number of ether oxygens (including phenoxy) is 1. The number of piperidine rings is 1. The van der Waals surface area contributed by atoms with Crippen molar-refractivity contribution in [2.45, 2.75) is 32.4 Å². The van der Waals surface area contributed by atoms with E-state index in [4.69, 9.17) is 4.74 Å². The normalized spacial score (nSPS) is 16.8. The van der Waals surface area contributed by atoms with Gasteiger partial charge in [0.05, 0.1) is 0 Å². The molecule has 0 bridgehead atoms. The summed E-state index contributed by atoms with van der Waals surface area (Å²) in [6.07, 6.45) is 2.58. The first-order valence-electron chi connectivity index (χ1n) is 7.79. The first kappa shape index (κ1) is 14.2. The van der Waals surface area contributed by atoms with Gasteiger partial charge < -0.3 is 4.74 Å². The van der Waals surface area contributed by atoms with Gasteiger partial charge in [-0.15, -0.1) is 0 Å². The van der Waals surface area contributed by atoms with Crippen LogP contribution < -0.4 is 4.74 Å². The summed E-state index contributed by atoms with van der Waals surface area (Å²) in [5.74, 6) is 1.00. The molecule has 21 heavy (non-hydrogen) atoms. The summed E-state index contributed by atoms with van der Waals surface area (Å²) in [6, 6.07) is 19.1. The Hall–Kier alpha value is -1.80. The molecule has 1 aliphatic heterocycles. The molecule has 0 saturated carbocycles. The molecule has 1 saturated heterocycles. The Balaban J connectivity index is 1.47. The second-order valence-electron chi connectivity index (χ2n) is 5.89. The van der Waals surface area contributed by atoms with Crippen molar-refractivity contribution in [3.05, 3.63) is 65.7 Å². The van der Waals surface area contributed by atoms with E-state index in [2.05, 4.69) is 66.4 Å². The Bertz CT molecular complexity index is 542. The average Bonchev–Trinajstić information content (AvgIpc) is 2.53. The second-order valence-corrected chi connectivity index (χ2v) is 5.89. The second kappa shape index (κ2) is 6.77. The van der Waals surface area contributed by atoms with Crippen LogP contribution in [0.25, 0.3) is 0 Å². The molecular weight excluding hydrogens is 258 g/mol. The molecule has 3 rings (SSSR count). The highest BCUT2D eigenvalue weighted by molar-refractivity contribution is 5.26. The van der Waals surface area contributed by atoms with Crippen molar-refractivity contribution in [3.63, 3.8) is 0 Å². The van der Waals surface area contributed by atoms with E-state index in [1.54, 1.807) is 0 Å². The maximum atomic E-state index is 6.08. The fraction of sp³-hybridized carbons (Fsp3) is 0.368.